The Labute approximate surface area is 114 Å². The molecule has 0 aromatic rings. The summed E-state index contributed by atoms with van der Waals surface area (Å²) in [5.74, 6) is 0.0767. The summed E-state index contributed by atoms with van der Waals surface area (Å²) in [6.45, 7) is 4.36. The summed E-state index contributed by atoms with van der Waals surface area (Å²) in [5, 5.41) is 9.83. The van der Waals surface area contributed by atoms with Gasteiger partial charge in [-0.1, -0.05) is 12.2 Å². The minimum Gasteiger partial charge on any atom is -0.393 e. The molecule has 0 aliphatic carbocycles. The third-order valence-corrected chi connectivity index (χ3v) is 3.62. The van der Waals surface area contributed by atoms with E-state index in [1.807, 2.05) is 6.92 Å². The van der Waals surface area contributed by atoms with Crippen molar-refractivity contribution in [2.24, 2.45) is 5.73 Å². The number of likely N-dealkylation sites (N-methyl/N-ethyl adjacent to an activating group) is 1. The van der Waals surface area contributed by atoms with Gasteiger partial charge in [-0.25, -0.2) is 0 Å². The van der Waals surface area contributed by atoms with Gasteiger partial charge in [0.15, 0.2) is 0 Å². The van der Waals surface area contributed by atoms with Crippen molar-refractivity contribution in [3.8, 4) is 0 Å². The standard InChI is InChI=1S/C12H23N3O2S/c1-12(17)4-7-15(8-5-12)9-11(16)14(2)6-3-10(13)18/h17H,3-9H2,1-2H3,(H2,13,18). The highest BCUT2D eigenvalue weighted by atomic mass is 32.1. The molecule has 0 saturated carbocycles. The SMILES string of the molecule is CN(CCC(N)=S)C(=O)CN1CCC(C)(O)CC1. The summed E-state index contributed by atoms with van der Waals surface area (Å²) in [4.78, 5) is 16.1. The Balaban J connectivity index is 2.30. The number of nitrogens with two attached hydrogens (primary N) is 1. The van der Waals surface area contributed by atoms with Crippen molar-refractivity contribution in [2.45, 2.75) is 31.8 Å². The number of carbonyl (C=O) groups excluding carboxylic acids is 1. The zero-order valence-corrected chi connectivity index (χ0v) is 12.0. The monoisotopic (exact) mass is 273 g/mol. The van der Waals surface area contributed by atoms with E-state index in [0.29, 0.717) is 24.5 Å². The fraction of sp³-hybridized carbons (Fsp3) is 0.833. The van der Waals surface area contributed by atoms with Gasteiger partial charge in [0.05, 0.1) is 17.1 Å². The van der Waals surface area contributed by atoms with Crippen molar-refractivity contribution < 1.29 is 9.90 Å². The quantitative estimate of drug-likeness (QED) is 0.688. The lowest BCUT2D eigenvalue weighted by Crippen LogP contribution is -2.46. The van der Waals surface area contributed by atoms with Crippen LogP contribution in [0.5, 0.6) is 0 Å². The summed E-state index contributed by atoms with van der Waals surface area (Å²) >= 11 is 4.79. The van der Waals surface area contributed by atoms with Crippen LogP contribution in [0.1, 0.15) is 26.2 Å². The maximum absolute atomic E-state index is 11.9. The van der Waals surface area contributed by atoms with Crippen molar-refractivity contribution in [1.29, 1.82) is 0 Å². The van der Waals surface area contributed by atoms with Crippen LogP contribution in [0.15, 0.2) is 0 Å². The molecular formula is C12H23N3O2S. The number of hydrogen-bond donors (Lipinski definition) is 2. The van der Waals surface area contributed by atoms with Crippen molar-refractivity contribution in [3.63, 3.8) is 0 Å². The van der Waals surface area contributed by atoms with Crippen molar-refractivity contribution in [1.82, 2.24) is 9.80 Å². The third kappa shape index (κ3) is 5.29. The largest absolute Gasteiger partial charge is 0.393 e. The predicted octanol–water partition coefficient (Wildman–Crippen LogP) is -0.0322. The molecule has 1 heterocycles. The molecule has 104 valence electrons. The second kappa shape index (κ2) is 6.45. The van der Waals surface area contributed by atoms with E-state index in [1.54, 1.807) is 11.9 Å². The first-order chi connectivity index (χ1) is 8.30. The van der Waals surface area contributed by atoms with E-state index in [9.17, 15) is 9.90 Å². The molecule has 0 bridgehead atoms. The smallest absolute Gasteiger partial charge is 0.236 e. The van der Waals surface area contributed by atoms with E-state index in [-0.39, 0.29) is 5.91 Å². The summed E-state index contributed by atoms with van der Waals surface area (Å²) in [6, 6.07) is 0. The molecule has 0 unspecified atom stereocenters. The van der Waals surface area contributed by atoms with E-state index >= 15 is 0 Å². The maximum Gasteiger partial charge on any atom is 0.236 e. The normalized spacial score (nSPS) is 19.5. The highest BCUT2D eigenvalue weighted by Crippen LogP contribution is 2.20. The first kappa shape index (κ1) is 15.3. The molecular weight excluding hydrogens is 250 g/mol. The van der Waals surface area contributed by atoms with E-state index in [0.717, 1.165) is 25.9 Å². The lowest BCUT2D eigenvalue weighted by atomic mass is 9.94. The summed E-state index contributed by atoms with van der Waals surface area (Å²) in [7, 11) is 1.76. The molecule has 5 nitrogen and oxygen atoms in total. The van der Waals surface area contributed by atoms with Crippen molar-refractivity contribution in [3.05, 3.63) is 0 Å². The van der Waals surface area contributed by atoms with Crippen LogP contribution in [0, 0.1) is 0 Å². The van der Waals surface area contributed by atoms with E-state index in [4.69, 9.17) is 18.0 Å². The van der Waals surface area contributed by atoms with Crippen LogP contribution < -0.4 is 5.73 Å². The predicted molar refractivity (Wildman–Crippen MR) is 75.3 cm³/mol. The highest BCUT2D eigenvalue weighted by Gasteiger charge is 2.28. The van der Waals surface area contributed by atoms with Crippen molar-refractivity contribution in [2.75, 3.05) is 33.2 Å². The maximum atomic E-state index is 11.9. The molecule has 0 aromatic carbocycles. The van der Waals surface area contributed by atoms with E-state index in [1.165, 1.54) is 0 Å². The molecule has 0 radical (unpaired) electrons. The topological polar surface area (TPSA) is 69.8 Å². The van der Waals surface area contributed by atoms with Crippen LogP contribution in [0.25, 0.3) is 0 Å². The zero-order valence-electron chi connectivity index (χ0n) is 11.2. The molecule has 0 aromatic heterocycles. The fourth-order valence-corrected chi connectivity index (χ4v) is 2.00. The molecule has 1 amide bonds. The first-order valence-electron chi connectivity index (χ1n) is 6.27. The molecule has 18 heavy (non-hydrogen) atoms. The van der Waals surface area contributed by atoms with Crippen LogP contribution in [-0.2, 0) is 4.79 Å². The number of piperidine rings is 1. The Morgan fingerprint density at radius 3 is 2.56 bits per heavy atom. The highest BCUT2D eigenvalue weighted by molar-refractivity contribution is 7.80. The second-order valence-electron chi connectivity index (χ2n) is 5.30. The minimum atomic E-state index is -0.572. The number of aliphatic hydroxyl groups is 1. The molecule has 6 heteroatoms. The van der Waals surface area contributed by atoms with Gasteiger partial charge in [0.25, 0.3) is 0 Å². The second-order valence-corrected chi connectivity index (χ2v) is 5.83. The molecule has 1 fully saturated rings. The number of hydrogen-bond acceptors (Lipinski definition) is 4. The van der Waals surface area contributed by atoms with Gasteiger partial charge in [0.1, 0.15) is 0 Å². The van der Waals surface area contributed by atoms with Gasteiger partial charge in [-0.2, -0.15) is 0 Å². The van der Waals surface area contributed by atoms with Gasteiger partial charge in [0, 0.05) is 33.1 Å². The number of rotatable bonds is 5. The van der Waals surface area contributed by atoms with Gasteiger partial charge < -0.3 is 15.7 Å². The molecule has 1 rings (SSSR count). The van der Waals surface area contributed by atoms with E-state index < -0.39 is 5.60 Å². The van der Waals surface area contributed by atoms with Crippen molar-refractivity contribution >= 4 is 23.1 Å². The van der Waals surface area contributed by atoms with Crippen LogP contribution in [0.2, 0.25) is 0 Å². The molecule has 1 aliphatic rings. The third-order valence-electron chi connectivity index (χ3n) is 3.41. The van der Waals surface area contributed by atoms with Gasteiger partial charge in [0.2, 0.25) is 5.91 Å². The van der Waals surface area contributed by atoms with Crippen LogP contribution >= 0.6 is 12.2 Å². The van der Waals surface area contributed by atoms with E-state index in [2.05, 4.69) is 4.90 Å². The Morgan fingerprint density at radius 2 is 2.06 bits per heavy atom. The Morgan fingerprint density at radius 1 is 1.50 bits per heavy atom. The van der Waals surface area contributed by atoms with Crippen LogP contribution in [-0.4, -0.2) is 64.6 Å². The average Bonchev–Trinajstić information content (AvgIpc) is 2.28. The number of nitrogens with zero attached hydrogens (tertiary/aromatic N) is 2. The lowest BCUT2D eigenvalue weighted by molar-refractivity contribution is -0.132. The van der Waals surface area contributed by atoms with Gasteiger partial charge >= 0.3 is 0 Å². The number of carbonyl (C=O) groups is 1. The molecule has 1 saturated heterocycles. The molecule has 1 aliphatic heterocycles. The lowest BCUT2D eigenvalue weighted by Gasteiger charge is -2.35. The summed E-state index contributed by atoms with van der Waals surface area (Å²) < 4.78 is 0. The summed E-state index contributed by atoms with van der Waals surface area (Å²) in [6.07, 6.45) is 2.00. The summed E-state index contributed by atoms with van der Waals surface area (Å²) in [5.41, 5.74) is 4.84. The Hall–Kier alpha value is -0.720. The molecule has 3 N–H and O–H groups in total. The number of thiocarbonyl (C=S) groups is 1. The van der Waals surface area contributed by atoms with Crippen LogP contribution in [0.4, 0.5) is 0 Å². The minimum absolute atomic E-state index is 0.0767. The molecule has 0 spiro atoms. The molecule has 0 atom stereocenters. The Bertz CT molecular complexity index is 310. The van der Waals surface area contributed by atoms with Crippen LogP contribution in [0.3, 0.4) is 0 Å². The fourth-order valence-electron chi connectivity index (χ4n) is 1.91. The number of amides is 1. The van der Waals surface area contributed by atoms with Gasteiger partial charge in [-0.15, -0.1) is 0 Å². The van der Waals surface area contributed by atoms with Gasteiger partial charge in [-0.3, -0.25) is 9.69 Å². The zero-order chi connectivity index (χ0) is 13.8. The average molecular weight is 273 g/mol. The Kier molecular flexibility index (Phi) is 5.49. The number of likely N-dealkylation sites (tertiary alicyclic amines) is 1. The first-order valence-corrected chi connectivity index (χ1v) is 6.68. The van der Waals surface area contributed by atoms with Gasteiger partial charge in [-0.05, 0) is 19.8 Å².